The summed E-state index contributed by atoms with van der Waals surface area (Å²) in [6, 6.07) is 5.10. The maximum atomic E-state index is 13.3. The van der Waals surface area contributed by atoms with E-state index in [1.165, 1.54) is 30.3 Å². The fraction of sp³-hybridized carbons (Fsp3) is 0.158. The van der Waals surface area contributed by atoms with Crippen LogP contribution in [0.5, 0.6) is 0 Å². The summed E-state index contributed by atoms with van der Waals surface area (Å²) in [6.07, 6.45) is 2.88. The number of carbonyl (C=O) groups excluding carboxylic acids is 2. The lowest BCUT2D eigenvalue weighted by Crippen LogP contribution is -2.25. The van der Waals surface area contributed by atoms with E-state index in [9.17, 15) is 18.8 Å². The third-order valence-electron chi connectivity index (χ3n) is 3.75. The van der Waals surface area contributed by atoms with Gasteiger partial charge in [0.05, 0.1) is 17.7 Å². The average molecular weight is 401 g/mol. The zero-order chi connectivity index (χ0) is 20.3. The van der Waals surface area contributed by atoms with Crippen LogP contribution in [0, 0.1) is 5.82 Å². The molecule has 0 aliphatic rings. The van der Waals surface area contributed by atoms with Gasteiger partial charge in [0.25, 0.3) is 5.56 Å². The number of benzene rings is 1. The van der Waals surface area contributed by atoms with Crippen molar-refractivity contribution in [3.8, 4) is 5.69 Å². The number of fused-ring (bicyclic) bond motifs is 1. The molecular weight excluding hydrogens is 385 g/mol. The minimum Gasteiger partial charge on any atom is -0.461 e. The monoisotopic (exact) mass is 401 g/mol. The summed E-state index contributed by atoms with van der Waals surface area (Å²) in [7, 11) is 0. The van der Waals surface area contributed by atoms with Crippen molar-refractivity contribution < 1.29 is 18.7 Å². The predicted octanol–water partition coefficient (Wildman–Crippen LogP) is 3.28. The van der Waals surface area contributed by atoms with Gasteiger partial charge in [-0.05, 0) is 44.2 Å². The SMILES string of the molecule is C/C=C\C(=O)Nc1scc2c(C(=O)OCC)nn(-c3ccc(F)cc3)c(=O)c12. The van der Waals surface area contributed by atoms with Gasteiger partial charge in [-0.3, -0.25) is 9.59 Å². The van der Waals surface area contributed by atoms with Gasteiger partial charge in [-0.25, -0.2) is 9.18 Å². The van der Waals surface area contributed by atoms with E-state index < -0.39 is 23.3 Å². The molecular formula is C19H16FN3O4S. The lowest BCUT2D eigenvalue weighted by Gasteiger charge is -2.09. The van der Waals surface area contributed by atoms with Crippen molar-refractivity contribution in [2.24, 2.45) is 0 Å². The van der Waals surface area contributed by atoms with Gasteiger partial charge in [-0.1, -0.05) is 6.08 Å². The molecule has 0 atom stereocenters. The van der Waals surface area contributed by atoms with E-state index in [2.05, 4.69) is 10.4 Å². The average Bonchev–Trinajstić information content (AvgIpc) is 3.07. The summed E-state index contributed by atoms with van der Waals surface area (Å²) in [5.41, 5.74) is -0.342. The van der Waals surface area contributed by atoms with Gasteiger partial charge >= 0.3 is 5.97 Å². The highest BCUT2D eigenvalue weighted by Gasteiger charge is 2.22. The normalized spacial score (nSPS) is 11.1. The van der Waals surface area contributed by atoms with E-state index in [1.54, 1.807) is 25.3 Å². The summed E-state index contributed by atoms with van der Waals surface area (Å²) < 4.78 is 19.3. The summed E-state index contributed by atoms with van der Waals surface area (Å²) in [4.78, 5) is 37.4. The lowest BCUT2D eigenvalue weighted by atomic mass is 10.2. The van der Waals surface area contributed by atoms with Gasteiger partial charge in [0.2, 0.25) is 5.91 Å². The van der Waals surface area contributed by atoms with E-state index in [-0.39, 0.29) is 33.8 Å². The van der Waals surface area contributed by atoms with Gasteiger partial charge in [0.1, 0.15) is 10.8 Å². The van der Waals surface area contributed by atoms with Crippen LogP contribution in [-0.4, -0.2) is 28.3 Å². The zero-order valence-electron chi connectivity index (χ0n) is 15.1. The first-order valence-electron chi connectivity index (χ1n) is 8.37. The van der Waals surface area contributed by atoms with Crippen LogP contribution in [0.25, 0.3) is 16.5 Å². The van der Waals surface area contributed by atoms with Crippen molar-refractivity contribution in [2.75, 3.05) is 11.9 Å². The topological polar surface area (TPSA) is 90.3 Å². The fourth-order valence-corrected chi connectivity index (χ4v) is 3.49. The first kappa shape index (κ1) is 19.4. The molecule has 7 nitrogen and oxygen atoms in total. The van der Waals surface area contributed by atoms with Crippen molar-refractivity contribution >= 4 is 39.0 Å². The summed E-state index contributed by atoms with van der Waals surface area (Å²) in [5, 5.41) is 9.03. The van der Waals surface area contributed by atoms with E-state index in [1.807, 2.05) is 0 Å². The van der Waals surface area contributed by atoms with Gasteiger partial charge in [-0.15, -0.1) is 11.3 Å². The van der Waals surface area contributed by atoms with Crippen molar-refractivity contribution in [1.82, 2.24) is 9.78 Å². The Hall–Kier alpha value is -3.33. The molecule has 28 heavy (non-hydrogen) atoms. The molecule has 0 aliphatic heterocycles. The number of allylic oxidation sites excluding steroid dienone is 1. The number of rotatable bonds is 5. The Balaban J connectivity index is 2.27. The second-order valence-electron chi connectivity index (χ2n) is 5.61. The molecule has 0 unspecified atom stereocenters. The van der Waals surface area contributed by atoms with Crippen molar-refractivity contribution in [3.05, 3.63) is 63.7 Å². The Kier molecular flexibility index (Phi) is 5.65. The van der Waals surface area contributed by atoms with Crippen molar-refractivity contribution in [1.29, 1.82) is 0 Å². The smallest absolute Gasteiger partial charge is 0.359 e. The quantitative estimate of drug-likeness (QED) is 0.523. The number of thiophene rings is 1. The Bertz CT molecular complexity index is 1130. The molecule has 3 aromatic rings. The molecule has 9 heteroatoms. The Morgan fingerprint density at radius 1 is 1.32 bits per heavy atom. The first-order chi connectivity index (χ1) is 13.5. The molecule has 0 saturated heterocycles. The highest BCUT2D eigenvalue weighted by atomic mass is 32.1. The second-order valence-corrected chi connectivity index (χ2v) is 6.48. The van der Waals surface area contributed by atoms with Crippen LogP contribution < -0.4 is 10.9 Å². The summed E-state index contributed by atoms with van der Waals surface area (Å²) in [6.45, 7) is 3.48. The number of ether oxygens (including phenoxy) is 1. The van der Waals surface area contributed by atoms with Crippen LogP contribution in [0.3, 0.4) is 0 Å². The number of hydrogen-bond donors (Lipinski definition) is 1. The van der Waals surface area contributed by atoms with E-state index in [4.69, 9.17) is 4.74 Å². The Morgan fingerprint density at radius 2 is 2.04 bits per heavy atom. The Labute approximate surface area is 163 Å². The van der Waals surface area contributed by atoms with Crippen LogP contribution in [0.2, 0.25) is 0 Å². The first-order valence-corrected chi connectivity index (χ1v) is 9.25. The van der Waals surface area contributed by atoms with Crippen molar-refractivity contribution in [3.63, 3.8) is 0 Å². The number of hydrogen-bond acceptors (Lipinski definition) is 6. The number of nitrogens with zero attached hydrogens (tertiary/aromatic N) is 2. The number of amides is 1. The van der Waals surface area contributed by atoms with Crippen LogP contribution >= 0.6 is 11.3 Å². The molecule has 0 fully saturated rings. The van der Waals surface area contributed by atoms with Crippen LogP contribution in [0.4, 0.5) is 9.39 Å². The molecule has 1 amide bonds. The van der Waals surface area contributed by atoms with Crippen molar-refractivity contribution in [2.45, 2.75) is 13.8 Å². The van der Waals surface area contributed by atoms with Crippen LogP contribution in [0.1, 0.15) is 24.3 Å². The molecule has 0 radical (unpaired) electrons. The van der Waals surface area contributed by atoms with Crippen LogP contribution in [0.15, 0.2) is 46.6 Å². The number of esters is 1. The molecule has 3 rings (SSSR count). The van der Waals surface area contributed by atoms with E-state index in [0.29, 0.717) is 0 Å². The third kappa shape index (κ3) is 3.70. The largest absolute Gasteiger partial charge is 0.461 e. The fourth-order valence-electron chi connectivity index (χ4n) is 2.55. The number of aromatic nitrogens is 2. The predicted molar refractivity (Wildman–Crippen MR) is 105 cm³/mol. The van der Waals surface area contributed by atoms with Gasteiger partial charge in [0, 0.05) is 10.8 Å². The molecule has 1 aromatic carbocycles. The maximum absolute atomic E-state index is 13.3. The maximum Gasteiger partial charge on any atom is 0.359 e. The number of anilines is 1. The Morgan fingerprint density at radius 3 is 2.68 bits per heavy atom. The molecule has 1 N–H and O–H groups in total. The lowest BCUT2D eigenvalue weighted by molar-refractivity contribution is -0.111. The minimum atomic E-state index is -0.701. The van der Waals surface area contributed by atoms with Gasteiger partial charge in [-0.2, -0.15) is 9.78 Å². The molecule has 144 valence electrons. The highest BCUT2D eigenvalue weighted by molar-refractivity contribution is 7.16. The number of carbonyl (C=O) groups is 2. The molecule has 2 heterocycles. The summed E-state index contributed by atoms with van der Waals surface area (Å²) >= 11 is 1.10. The molecule has 0 bridgehead atoms. The van der Waals surface area contributed by atoms with E-state index >= 15 is 0 Å². The molecule has 0 saturated carbocycles. The second kappa shape index (κ2) is 8.13. The van der Waals surface area contributed by atoms with Gasteiger partial charge in [0.15, 0.2) is 5.69 Å². The standard InChI is InChI=1S/C19H16FN3O4S/c1-3-5-14(24)21-17-15-13(10-28-17)16(19(26)27-4-2)22-23(18(15)25)12-8-6-11(20)7-9-12/h3,5-10H,4H2,1-2H3,(H,21,24)/b5-3-. The number of nitrogens with one attached hydrogen (secondary N) is 1. The summed E-state index contributed by atoms with van der Waals surface area (Å²) in [5.74, 6) is -1.58. The molecule has 0 spiro atoms. The highest BCUT2D eigenvalue weighted by Crippen LogP contribution is 2.30. The third-order valence-corrected chi connectivity index (χ3v) is 4.64. The van der Waals surface area contributed by atoms with Gasteiger partial charge < -0.3 is 10.1 Å². The van der Waals surface area contributed by atoms with E-state index in [0.717, 1.165) is 16.0 Å². The zero-order valence-corrected chi connectivity index (χ0v) is 15.9. The van der Waals surface area contributed by atoms with Crippen LogP contribution in [-0.2, 0) is 9.53 Å². The number of halogens is 1. The minimum absolute atomic E-state index is 0.0662. The molecule has 2 aromatic heterocycles. The molecule has 0 aliphatic carbocycles.